The van der Waals surface area contributed by atoms with E-state index in [2.05, 4.69) is 0 Å². The lowest BCUT2D eigenvalue weighted by Crippen LogP contribution is -2.44. The summed E-state index contributed by atoms with van der Waals surface area (Å²) in [6.07, 6.45) is 0. The number of nitrogens with two attached hydrogens (primary N) is 1. The van der Waals surface area contributed by atoms with Crippen LogP contribution in [0.2, 0.25) is 0 Å². The molecule has 0 atom stereocenters. The number of hydrogen-bond acceptors (Lipinski definition) is 5. The lowest BCUT2D eigenvalue weighted by atomic mass is 9.82. The van der Waals surface area contributed by atoms with Gasteiger partial charge in [0.05, 0.1) is 25.3 Å². The molecule has 6 heteroatoms. The molecule has 2 rings (SSSR count). The van der Waals surface area contributed by atoms with Crippen LogP contribution in [0.5, 0.6) is 11.5 Å². The number of benzene rings is 2. The number of rotatable bonds is 4. The zero-order chi connectivity index (χ0) is 22.9. The third-order valence-electron chi connectivity index (χ3n) is 4.97. The van der Waals surface area contributed by atoms with Crippen molar-refractivity contribution in [2.24, 2.45) is 5.84 Å². The van der Waals surface area contributed by atoms with Crippen molar-refractivity contribution in [2.75, 3.05) is 14.2 Å². The van der Waals surface area contributed by atoms with Crippen LogP contribution in [0.15, 0.2) is 36.4 Å². The van der Waals surface area contributed by atoms with Crippen molar-refractivity contribution in [1.29, 1.82) is 0 Å². The van der Waals surface area contributed by atoms with E-state index in [0.717, 1.165) is 11.1 Å². The number of hydrazine groups is 1. The van der Waals surface area contributed by atoms with Crippen molar-refractivity contribution in [2.45, 2.75) is 52.4 Å². The maximum atomic E-state index is 13.4. The van der Waals surface area contributed by atoms with Crippen molar-refractivity contribution < 1.29 is 19.1 Å². The topological polar surface area (TPSA) is 81.9 Å². The standard InChI is InChI=1S/C24H32N2O4/c1-23(2,3)15-11-9-13-17(29-7)19(15)21(27)26(25)22(28)20-16(24(4,5)6)12-10-14-18(20)30-8/h9-14H,25H2,1-8H3. The van der Waals surface area contributed by atoms with Gasteiger partial charge in [-0.25, -0.2) is 10.9 Å². The van der Waals surface area contributed by atoms with Crippen LogP contribution in [-0.2, 0) is 10.8 Å². The normalized spacial score (nSPS) is 11.8. The number of carbonyl (C=O) groups excluding carboxylic acids is 2. The molecule has 0 heterocycles. The Morgan fingerprint density at radius 1 is 0.733 bits per heavy atom. The highest BCUT2D eigenvalue weighted by Gasteiger charge is 2.33. The molecule has 0 saturated carbocycles. The van der Waals surface area contributed by atoms with Crippen molar-refractivity contribution in [3.8, 4) is 11.5 Å². The van der Waals surface area contributed by atoms with E-state index in [1.807, 2.05) is 65.8 Å². The van der Waals surface area contributed by atoms with Gasteiger partial charge in [0.1, 0.15) is 11.5 Å². The first-order valence-electron chi connectivity index (χ1n) is 9.83. The SMILES string of the molecule is COc1cccc(C(C)(C)C)c1C(=O)N(N)C(=O)c1c(OC)cccc1C(C)(C)C. The van der Waals surface area contributed by atoms with Crippen LogP contribution >= 0.6 is 0 Å². The Morgan fingerprint density at radius 2 is 1.07 bits per heavy atom. The average molecular weight is 413 g/mol. The summed E-state index contributed by atoms with van der Waals surface area (Å²) in [6, 6.07) is 10.7. The number of amides is 2. The molecular weight excluding hydrogens is 380 g/mol. The molecule has 0 aliphatic rings. The molecule has 0 saturated heterocycles. The lowest BCUT2D eigenvalue weighted by Gasteiger charge is -2.28. The zero-order valence-corrected chi connectivity index (χ0v) is 19.1. The second kappa shape index (κ2) is 8.48. The highest BCUT2D eigenvalue weighted by Crippen LogP contribution is 2.35. The predicted octanol–water partition coefficient (Wildman–Crippen LogP) is 4.46. The van der Waals surface area contributed by atoms with Gasteiger partial charge in [-0.2, -0.15) is 0 Å². The van der Waals surface area contributed by atoms with Gasteiger partial charge in [0.2, 0.25) is 0 Å². The van der Waals surface area contributed by atoms with Crippen LogP contribution in [0.4, 0.5) is 0 Å². The fourth-order valence-electron chi connectivity index (χ4n) is 3.43. The monoisotopic (exact) mass is 412 g/mol. The van der Waals surface area contributed by atoms with E-state index < -0.39 is 11.8 Å². The minimum atomic E-state index is -0.631. The molecule has 0 spiro atoms. The highest BCUT2D eigenvalue weighted by molar-refractivity contribution is 6.13. The second-order valence-electron chi connectivity index (χ2n) is 9.25. The van der Waals surface area contributed by atoms with Gasteiger partial charge in [-0.1, -0.05) is 65.8 Å². The summed E-state index contributed by atoms with van der Waals surface area (Å²) in [5.74, 6) is 5.59. The summed E-state index contributed by atoms with van der Waals surface area (Å²) in [5, 5.41) is 0.653. The Hall–Kier alpha value is -2.86. The Bertz CT molecular complexity index is 875. The summed E-state index contributed by atoms with van der Waals surface area (Å²) in [6.45, 7) is 11.9. The van der Waals surface area contributed by atoms with Crippen LogP contribution in [0, 0.1) is 0 Å². The molecule has 0 radical (unpaired) electrons. The molecule has 2 aromatic rings. The second-order valence-corrected chi connectivity index (χ2v) is 9.25. The van der Waals surface area contributed by atoms with E-state index in [1.54, 1.807) is 12.1 Å². The van der Waals surface area contributed by atoms with Gasteiger partial charge in [-0.15, -0.1) is 0 Å². The molecule has 2 N–H and O–H groups in total. The molecule has 2 amide bonds. The van der Waals surface area contributed by atoms with E-state index in [4.69, 9.17) is 15.3 Å². The molecule has 162 valence electrons. The molecule has 0 unspecified atom stereocenters. The Kier molecular flexibility index (Phi) is 6.62. The molecule has 0 fully saturated rings. The third-order valence-corrected chi connectivity index (χ3v) is 4.97. The van der Waals surface area contributed by atoms with Gasteiger partial charge >= 0.3 is 0 Å². The van der Waals surface area contributed by atoms with Crippen LogP contribution in [0.25, 0.3) is 0 Å². The van der Waals surface area contributed by atoms with Crippen molar-refractivity contribution in [3.05, 3.63) is 58.7 Å². The van der Waals surface area contributed by atoms with Crippen LogP contribution in [-0.4, -0.2) is 31.0 Å². The molecular formula is C24H32N2O4. The van der Waals surface area contributed by atoms with E-state index in [0.29, 0.717) is 16.5 Å². The third kappa shape index (κ3) is 4.49. The number of hydrogen-bond donors (Lipinski definition) is 1. The Morgan fingerprint density at radius 3 is 1.33 bits per heavy atom. The smallest absolute Gasteiger partial charge is 0.279 e. The fourth-order valence-corrected chi connectivity index (χ4v) is 3.43. The van der Waals surface area contributed by atoms with Gasteiger partial charge in [-0.3, -0.25) is 9.59 Å². The summed E-state index contributed by atoms with van der Waals surface area (Å²) >= 11 is 0. The van der Waals surface area contributed by atoms with E-state index >= 15 is 0 Å². The zero-order valence-electron chi connectivity index (χ0n) is 19.1. The first-order chi connectivity index (χ1) is 13.8. The number of nitrogens with zero attached hydrogens (tertiary/aromatic N) is 1. The maximum absolute atomic E-state index is 13.4. The minimum absolute atomic E-state index is 0.274. The lowest BCUT2D eigenvalue weighted by molar-refractivity contribution is 0.0608. The average Bonchev–Trinajstić information content (AvgIpc) is 2.69. The minimum Gasteiger partial charge on any atom is -0.496 e. The van der Waals surface area contributed by atoms with Crippen LogP contribution < -0.4 is 15.3 Å². The number of imide groups is 1. The molecule has 30 heavy (non-hydrogen) atoms. The Labute approximate surface area is 178 Å². The van der Waals surface area contributed by atoms with Gasteiger partial charge in [-0.05, 0) is 34.1 Å². The predicted molar refractivity (Wildman–Crippen MR) is 118 cm³/mol. The van der Waals surface area contributed by atoms with E-state index in [9.17, 15) is 9.59 Å². The van der Waals surface area contributed by atoms with Gasteiger partial charge in [0.15, 0.2) is 0 Å². The van der Waals surface area contributed by atoms with Gasteiger partial charge < -0.3 is 9.47 Å². The van der Waals surface area contributed by atoms with Crippen LogP contribution in [0.3, 0.4) is 0 Å². The molecule has 0 aliphatic carbocycles. The quantitative estimate of drug-likeness (QED) is 0.347. The van der Waals surface area contributed by atoms with E-state index in [1.165, 1.54) is 14.2 Å². The molecule has 0 aromatic heterocycles. The molecule has 6 nitrogen and oxygen atoms in total. The highest BCUT2D eigenvalue weighted by atomic mass is 16.5. The van der Waals surface area contributed by atoms with Gasteiger partial charge in [0, 0.05) is 0 Å². The molecule has 0 aliphatic heterocycles. The fraction of sp³-hybridized carbons (Fsp3) is 0.417. The number of ether oxygens (including phenoxy) is 2. The van der Waals surface area contributed by atoms with Crippen molar-refractivity contribution >= 4 is 11.8 Å². The molecule has 0 bridgehead atoms. The summed E-state index contributed by atoms with van der Waals surface area (Å²) in [4.78, 5) is 26.9. The summed E-state index contributed by atoms with van der Waals surface area (Å²) in [7, 11) is 2.97. The first kappa shape index (κ1) is 23.4. The van der Waals surface area contributed by atoms with Gasteiger partial charge in [0.25, 0.3) is 11.8 Å². The van der Waals surface area contributed by atoms with E-state index in [-0.39, 0.29) is 22.0 Å². The largest absolute Gasteiger partial charge is 0.496 e. The molecule has 2 aromatic carbocycles. The summed E-state index contributed by atoms with van der Waals surface area (Å²) in [5.41, 5.74) is 1.32. The maximum Gasteiger partial charge on any atom is 0.279 e. The first-order valence-corrected chi connectivity index (χ1v) is 9.83. The number of methoxy groups -OCH3 is 2. The number of carbonyl (C=O) groups is 2. The van der Waals surface area contributed by atoms with Crippen molar-refractivity contribution in [1.82, 2.24) is 5.01 Å². The van der Waals surface area contributed by atoms with Crippen LogP contribution in [0.1, 0.15) is 73.4 Å². The Balaban J connectivity index is 2.63. The van der Waals surface area contributed by atoms with Crippen molar-refractivity contribution in [3.63, 3.8) is 0 Å². The summed E-state index contributed by atoms with van der Waals surface area (Å²) < 4.78 is 10.8.